The molecule has 0 fully saturated rings. The number of sulfone groups is 3. The molecule has 4 aliphatic rings. The van der Waals surface area contributed by atoms with Gasteiger partial charge in [-0.25, -0.2) is 38.4 Å². The van der Waals surface area contributed by atoms with Crippen LogP contribution in [-0.4, -0.2) is 141 Å². The van der Waals surface area contributed by atoms with E-state index < -0.39 is 76.8 Å². The number of fused-ring (bicyclic) bond motifs is 13. The standard InChI is InChI=1S/C25H23NO2.C22H21ClFNO4S.C21H20Cl2N2O2S.C21H17ClFNO5S.C21H19ClFNO4S.CO2/c1-18-7-6-10-24-23(18)17-19(2)26(24)25(27)21-11-13-22(14-12-21)28-16-15-20-8-4-3-5-9-20;1-12(13-3-6-15(23)7-4-13)25-21-14(9-20(26)27)5-8-17(21)18-10-16(24)11-19(22(18)25)30(2,28)29;1-11(2)19-18-16(5-7-24-19)25-8-6-12(9-17(26)27)20(25)21(18)28-13-3-4-14(22)15(23)10-13;1-30(28,29)17-9-14(23)8-15-19-16(25)6-12(7-18(26)27)20(19)24(21(15)17)10-11-2-4-13(22)5-3-11;1-29(27,28)18-10-15(23)9-17-16-7-4-13(8-19(25)26)20(16)24(21(17)18)11-12-2-5-14(22)6-3-12;2-1-3/h3-14,17H,15-16H2,1-2H3;3-4,6-7,10-12,14H,5,8-9H2,1-2H3,(H,26,27);3-5,7,10-12H,6,8-9H2,1-2H3,(H,26,27);2-5,8-9,12H,6-7,10H2,1H3,(H,26,27);2-3,5-6,9-10,13H,4,7-8,11H2,1H3,(H,25,26);/t;;;12-;;/m...1../s1. The molecule has 0 amide bonds. The van der Waals surface area contributed by atoms with Gasteiger partial charge >= 0.3 is 30.0 Å². The molecular weight excluding hydrogens is 2080 g/mol. The van der Waals surface area contributed by atoms with Gasteiger partial charge in [-0.15, -0.1) is 0 Å². The summed E-state index contributed by atoms with van der Waals surface area (Å²) in [6.07, 6.45) is 9.04. The maximum Gasteiger partial charge on any atom is 0.373 e. The molecule has 0 spiro atoms. The molecule has 4 unspecified atom stereocenters. The van der Waals surface area contributed by atoms with Crippen molar-refractivity contribution >= 4 is 196 Å². The van der Waals surface area contributed by atoms with Gasteiger partial charge in [0, 0.05) is 172 Å². The van der Waals surface area contributed by atoms with Crippen molar-refractivity contribution in [2.75, 3.05) is 25.4 Å². The maximum atomic E-state index is 14.4. The monoisotopic (exact) mass is 2180 g/mol. The van der Waals surface area contributed by atoms with Gasteiger partial charge < -0.3 is 43.4 Å². The Kier molecular flexibility index (Phi) is 33.6. The highest BCUT2D eigenvalue weighted by Gasteiger charge is 2.42. The van der Waals surface area contributed by atoms with E-state index in [-0.39, 0.29) is 117 Å². The minimum absolute atomic E-state index is 0.00446. The van der Waals surface area contributed by atoms with Gasteiger partial charge in [-0.1, -0.05) is 162 Å². The molecular formula is C111H100Cl5F3N6O19S4. The van der Waals surface area contributed by atoms with Crippen LogP contribution in [0.3, 0.4) is 0 Å². The Balaban J connectivity index is 0.000000138. The van der Waals surface area contributed by atoms with Crippen molar-refractivity contribution in [3.05, 3.63) is 345 Å². The van der Waals surface area contributed by atoms with Gasteiger partial charge in [0.25, 0.3) is 5.91 Å². The molecule has 0 saturated carbocycles. The SMILES string of the molecule is CC(C)c1nccc2c1c(Sc1ccc(Cl)c(Cl)c1)c1n2CCC1CC(=O)O.CC(c1ccc(Cl)cc1)n1c2c(c3cc(F)cc(S(C)(=O)=O)c31)CCC2CC(=O)O.CS(=O)(=O)c1cc(F)cc2c3c(n(Cc4ccc(Cl)cc4)c12)C(CC(=O)O)CC3.CS(=O)(=O)c1cc(F)cc2c3c(n(Cc4ccc(Cl)cc4)c12)[C@@H](CC(=O)O)CC3=O.Cc1cccc2c1cc(C)n2C(=O)c1ccc(OCCc2ccccc2)cc1.O=C=O. The molecule has 0 bridgehead atoms. The number of aryl methyl sites for hydroxylation is 5. The van der Waals surface area contributed by atoms with E-state index in [0.29, 0.717) is 97.0 Å². The second-order valence-electron chi connectivity index (χ2n) is 37.3. The van der Waals surface area contributed by atoms with Gasteiger partial charge in [-0.2, -0.15) is 9.59 Å². The highest BCUT2D eigenvalue weighted by molar-refractivity contribution is 7.99. The largest absolute Gasteiger partial charge is 0.493 e. The first-order chi connectivity index (χ1) is 70.2. The lowest BCUT2D eigenvalue weighted by Gasteiger charge is -2.23. The molecule has 148 heavy (non-hydrogen) atoms. The van der Waals surface area contributed by atoms with E-state index >= 15 is 0 Å². The van der Waals surface area contributed by atoms with Crippen molar-refractivity contribution in [1.29, 1.82) is 0 Å². The summed E-state index contributed by atoms with van der Waals surface area (Å²) in [5.74, 6) is -6.14. The third kappa shape index (κ3) is 23.9. The fourth-order valence-corrected chi connectivity index (χ4v) is 25.3. The maximum absolute atomic E-state index is 14.4. The third-order valence-electron chi connectivity index (χ3n) is 26.8. The molecule has 1 aliphatic heterocycles. The van der Waals surface area contributed by atoms with Crippen molar-refractivity contribution in [2.24, 2.45) is 0 Å². The van der Waals surface area contributed by atoms with E-state index in [9.17, 15) is 87.6 Å². The first-order valence-corrected chi connectivity index (χ1v) is 55.4. The van der Waals surface area contributed by atoms with E-state index in [1.807, 2.05) is 126 Å². The molecule has 16 aromatic rings. The number of hydrogen-bond acceptors (Lipinski definition) is 17. The van der Waals surface area contributed by atoms with Crippen LogP contribution in [-0.2, 0) is 97.2 Å². The van der Waals surface area contributed by atoms with Gasteiger partial charge in [0.1, 0.15) is 23.2 Å². The third-order valence-corrected chi connectivity index (χ3v) is 32.8. The average Bonchev–Trinajstić information content (AvgIpc) is 1.58. The predicted octanol–water partition coefficient (Wildman–Crippen LogP) is 24.9. The first kappa shape index (κ1) is 109. The number of Topliss-reactive ketones (excluding diaryl/α,β-unsaturated/α-hetero) is 1. The smallest absolute Gasteiger partial charge is 0.373 e. The zero-order chi connectivity index (χ0) is 107. The summed E-state index contributed by atoms with van der Waals surface area (Å²) in [7, 11) is -11.3. The number of halogens is 8. The molecule has 7 heterocycles. The van der Waals surface area contributed by atoms with Crippen LogP contribution in [0.15, 0.2) is 243 Å². The molecule has 5 atom stereocenters. The van der Waals surface area contributed by atoms with E-state index in [4.69, 9.17) is 72.3 Å². The minimum atomic E-state index is -3.83. The number of pyridine rings is 1. The number of carbonyl (C=O) groups excluding carboxylic acids is 4. The van der Waals surface area contributed by atoms with Crippen LogP contribution in [0.2, 0.25) is 25.1 Å². The first-order valence-electron chi connectivity index (χ1n) is 47.0. The number of hydrogen-bond donors (Lipinski definition) is 4. The Morgan fingerprint density at radius 2 is 0.993 bits per heavy atom. The van der Waals surface area contributed by atoms with Crippen LogP contribution >= 0.6 is 69.8 Å². The Morgan fingerprint density at radius 1 is 0.507 bits per heavy atom. The number of aromatic nitrogens is 6. The normalized spacial score (nSPS) is 15.2. The van der Waals surface area contributed by atoms with Crippen LogP contribution in [0.4, 0.5) is 13.2 Å². The fourth-order valence-electron chi connectivity index (χ4n) is 20.6. The van der Waals surface area contributed by atoms with Gasteiger partial charge in [-0.3, -0.25) is 38.3 Å². The zero-order valence-electron chi connectivity index (χ0n) is 81.1. The summed E-state index contributed by atoms with van der Waals surface area (Å²) < 4.78 is 133. The van der Waals surface area contributed by atoms with Gasteiger partial charge in [-0.05, 0) is 231 Å². The van der Waals surface area contributed by atoms with E-state index in [2.05, 4.69) is 54.6 Å². The summed E-state index contributed by atoms with van der Waals surface area (Å²) in [4.78, 5) is 94.1. The number of carboxylic acids is 4. The summed E-state index contributed by atoms with van der Waals surface area (Å²) in [5.41, 5.74) is 15.7. The molecule has 10 aromatic carbocycles. The number of rotatable bonds is 25. The lowest BCUT2D eigenvalue weighted by Crippen LogP contribution is -2.15. The number of aliphatic carboxylic acids is 4. The molecule has 37 heteroatoms. The highest BCUT2D eigenvalue weighted by atomic mass is 35.5. The van der Waals surface area contributed by atoms with Crippen LogP contribution in [0.5, 0.6) is 5.75 Å². The molecule has 0 saturated heterocycles. The number of nitrogens with zero attached hydrogens (tertiary/aromatic N) is 6. The van der Waals surface area contributed by atoms with E-state index in [1.165, 1.54) is 23.3 Å². The summed E-state index contributed by atoms with van der Waals surface area (Å²) in [5, 5.41) is 43.7. The van der Waals surface area contributed by atoms with E-state index in [1.54, 1.807) is 75.5 Å². The molecule has 6 aromatic heterocycles. The molecule has 768 valence electrons. The van der Waals surface area contributed by atoms with Gasteiger partial charge in [0.2, 0.25) is 0 Å². The summed E-state index contributed by atoms with van der Waals surface area (Å²) in [6, 6.07) is 61.3. The number of ketones is 1. The Bertz CT molecular complexity index is 8340. The number of benzene rings is 10. The predicted molar refractivity (Wildman–Crippen MR) is 564 cm³/mol. The topological polar surface area (TPSA) is 367 Å². The van der Waals surface area contributed by atoms with Crippen LogP contribution in [0.25, 0.3) is 54.5 Å². The second kappa shape index (κ2) is 45.5. The zero-order valence-corrected chi connectivity index (χ0v) is 88.2. The molecule has 0 radical (unpaired) electrons. The quantitative estimate of drug-likeness (QED) is 0.0413. The molecule has 25 nitrogen and oxygen atoms in total. The number of carbonyl (C=O) groups is 6. The van der Waals surface area contributed by atoms with Crippen LogP contribution < -0.4 is 4.74 Å². The van der Waals surface area contributed by atoms with E-state index in [0.717, 1.165) is 156 Å². The van der Waals surface area contributed by atoms with Crippen molar-refractivity contribution < 1.29 is 102 Å². The van der Waals surface area contributed by atoms with Crippen LogP contribution in [0, 0.1) is 31.3 Å². The molecule has 20 rings (SSSR count). The molecule has 3 aliphatic carbocycles. The van der Waals surface area contributed by atoms with Crippen molar-refractivity contribution in [1.82, 2.24) is 27.8 Å². The lowest BCUT2D eigenvalue weighted by molar-refractivity contribution is -0.192. The van der Waals surface area contributed by atoms with Gasteiger partial charge in [0.05, 0.1) is 96.3 Å². The molecule has 4 N–H and O–H groups in total. The van der Waals surface area contributed by atoms with Gasteiger partial charge in [0.15, 0.2) is 35.3 Å². The highest BCUT2D eigenvalue weighted by Crippen LogP contribution is 2.52. The van der Waals surface area contributed by atoms with Crippen molar-refractivity contribution in [3.63, 3.8) is 0 Å². The summed E-state index contributed by atoms with van der Waals surface area (Å²) >= 11 is 31.9. The van der Waals surface area contributed by atoms with Crippen molar-refractivity contribution in [3.8, 4) is 5.75 Å². The second-order valence-corrected chi connectivity index (χ2v) is 46.5. The Hall–Kier alpha value is -13.1. The minimum Gasteiger partial charge on any atom is -0.493 e. The fraction of sp³-hybridized carbons (Fsp3) is 0.261. The lowest BCUT2D eigenvalue weighted by atomic mass is 9.99. The van der Waals surface area contributed by atoms with Crippen LogP contribution in [0.1, 0.15) is 202 Å². The summed E-state index contributed by atoms with van der Waals surface area (Å²) in [6.45, 7) is 12.2. The Labute approximate surface area is 879 Å². The average molecular weight is 2180 g/mol. The number of ether oxygens (including phenoxy) is 1. The Morgan fingerprint density at radius 3 is 1.52 bits per heavy atom. The van der Waals surface area contributed by atoms with Crippen molar-refractivity contribution in [2.45, 2.75) is 185 Å². The number of carboxylic acid groups (broad SMARTS) is 4.